The number of benzene rings is 1. The molecule has 0 unspecified atom stereocenters. The number of hydrogen-bond acceptors (Lipinski definition) is 4. The monoisotopic (exact) mass is 272 g/mol. The van der Waals surface area contributed by atoms with Gasteiger partial charge in [0.2, 0.25) is 0 Å². The Bertz CT molecular complexity index is 522. The second-order valence-corrected chi connectivity index (χ2v) is 4.78. The lowest BCUT2D eigenvalue weighted by Crippen LogP contribution is -1.85. The van der Waals surface area contributed by atoms with Crippen molar-refractivity contribution in [2.45, 2.75) is 9.79 Å². The summed E-state index contributed by atoms with van der Waals surface area (Å²) < 4.78 is 0. The molecule has 0 bridgehead atoms. The van der Waals surface area contributed by atoms with Gasteiger partial charge in [0.05, 0.1) is 4.90 Å². The molecule has 0 amide bonds. The maximum atomic E-state index is 9.31. The second kappa shape index (κ2) is 4.91. The summed E-state index contributed by atoms with van der Waals surface area (Å²) in [4.78, 5) is 1.55. The highest BCUT2D eigenvalue weighted by molar-refractivity contribution is 7.99. The van der Waals surface area contributed by atoms with Gasteiger partial charge in [0.15, 0.2) is 10.3 Å². The van der Waals surface area contributed by atoms with E-state index >= 15 is 0 Å². The summed E-state index contributed by atoms with van der Waals surface area (Å²) in [6.07, 6.45) is 0. The van der Waals surface area contributed by atoms with Gasteiger partial charge in [-0.3, -0.25) is 0 Å². The molecular formula is C10H6Cl2N2OS. The number of aromatic nitrogens is 2. The van der Waals surface area contributed by atoms with Crippen molar-refractivity contribution < 1.29 is 5.11 Å². The Balaban J connectivity index is 2.30. The van der Waals surface area contributed by atoms with Gasteiger partial charge >= 0.3 is 0 Å². The van der Waals surface area contributed by atoms with Crippen LogP contribution in [0.1, 0.15) is 0 Å². The van der Waals surface area contributed by atoms with E-state index < -0.39 is 0 Å². The summed E-state index contributed by atoms with van der Waals surface area (Å²) >= 11 is 13.0. The molecule has 1 N–H and O–H groups in total. The summed E-state index contributed by atoms with van der Waals surface area (Å²) in [7, 11) is 0. The molecule has 0 saturated carbocycles. The van der Waals surface area contributed by atoms with Crippen LogP contribution in [0.3, 0.4) is 0 Å². The topological polar surface area (TPSA) is 46.0 Å². The highest BCUT2D eigenvalue weighted by Crippen LogP contribution is 2.34. The van der Waals surface area contributed by atoms with Crippen molar-refractivity contribution in [3.05, 3.63) is 40.6 Å². The molecule has 1 heterocycles. The van der Waals surface area contributed by atoms with Gasteiger partial charge in [0, 0.05) is 4.90 Å². The Morgan fingerprint density at radius 2 is 1.94 bits per heavy atom. The zero-order valence-electron chi connectivity index (χ0n) is 7.89. The summed E-state index contributed by atoms with van der Waals surface area (Å²) in [5.41, 5.74) is 0. The Kier molecular flexibility index (Phi) is 3.53. The first-order chi connectivity index (χ1) is 7.65. The molecule has 1 aromatic carbocycles. The van der Waals surface area contributed by atoms with Crippen LogP contribution in [-0.2, 0) is 0 Å². The van der Waals surface area contributed by atoms with Crippen LogP contribution < -0.4 is 0 Å². The van der Waals surface area contributed by atoms with Gasteiger partial charge in [-0.25, -0.2) is 0 Å². The molecule has 0 aliphatic heterocycles. The predicted octanol–water partition coefficient (Wildman–Crippen LogP) is 3.64. The van der Waals surface area contributed by atoms with E-state index in [0.29, 0.717) is 4.90 Å². The molecule has 0 saturated heterocycles. The standard InChI is InChI=1S/C10H6Cl2N2OS/c11-9-5-8(10(12)14-13-9)16-7-3-1-2-6(15)4-7/h1-5,15H. The van der Waals surface area contributed by atoms with Gasteiger partial charge in [0.1, 0.15) is 5.75 Å². The normalized spacial score (nSPS) is 10.4. The summed E-state index contributed by atoms with van der Waals surface area (Å²) in [5, 5.41) is 17.2. The maximum absolute atomic E-state index is 9.31. The van der Waals surface area contributed by atoms with Crippen LogP contribution in [0, 0.1) is 0 Å². The third-order valence-corrected chi connectivity index (χ3v) is 3.33. The van der Waals surface area contributed by atoms with Crippen molar-refractivity contribution in [2.24, 2.45) is 0 Å². The largest absolute Gasteiger partial charge is 0.508 e. The molecule has 0 aliphatic rings. The van der Waals surface area contributed by atoms with Crippen LogP contribution in [-0.4, -0.2) is 15.3 Å². The van der Waals surface area contributed by atoms with Crippen molar-refractivity contribution >= 4 is 35.0 Å². The first-order valence-corrected chi connectivity index (χ1v) is 5.88. The maximum Gasteiger partial charge on any atom is 0.165 e. The summed E-state index contributed by atoms with van der Waals surface area (Å²) in [6.45, 7) is 0. The molecule has 1 aromatic heterocycles. The van der Waals surface area contributed by atoms with Gasteiger partial charge in [0.25, 0.3) is 0 Å². The summed E-state index contributed by atoms with van der Waals surface area (Å²) in [6, 6.07) is 8.47. The van der Waals surface area contributed by atoms with Crippen molar-refractivity contribution in [2.75, 3.05) is 0 Å². The second-order valence-electron chi connectivity index (χ2n) is 2.92. The predicted molar refractivity (Wildman–Crippen MR) is 64.3 cm³/mol. The number of hydrogen-bond donors (Lipinski definition) is 1. The zero-order valence-corrected chi connectivity index (χ0v) is 10.2. The SMILES string of the molecule is Oc1cccc(Sc2cc(Cl)nnc2Cl)c1. The number of rotatable bonds is 2. The van der Waals surface area contributed by atoms with E-state index in [1.807, 2.05) is 6.07 Å². The molecule has 0 spiro atoms. The highest BCUT2D eigenvalue weighted by atomic mass is 35.5. The van der Waals surface area contributed by atoms with Crippen molar-refractivity contribution in [1.82, 2.24) is 10.2 Å². The van der Waals surface area contributed by atoms with Gasteiger partial charge < -0.3 is 5.11 Å². The zero-order chi connectivity index (χ0) is 11.5. The van der Waals surface area contributed by atoms with E-state index in [9.17, 15) is 5.11 Å². The smallest absolute Gasteiger partial charge is 0.165 e. The molecule has 6 heteroatoms. The minimum Gasteiger partial charge on any atom is -0.508 e. The third kappa shape index (κ3) is 2.78. The van der Waals surface area contributed by atoms with Crippen molar-refractivity contribution in [1.29, 1.82) is 0 Å². The molecule has 3 nitrogen and oxygen atoms in total. The van der Waals surface area contributed by atoms with Crippen LogP contribution in [0.25, 0.3) is 0 Å². The highest BCUT2D eigenvalue weighted by Gasteiger charge is 2.06. The molecule has 0 fully saturated rings. The van der Waals surface area contributed by atoms with E-state index in [4.69, 9.17) is 23.2 Å². The molecule has 82 valence electrons. The Hall–Kier alpha value is -0.970. The van der Waals surface area contributed by atoms with Crippen LogP contribution in [0.4, 0.5) is 0 Å². The van der Waals surface area contributed by atoms with Crippen LogP contribution in [0.2, 0.25) is 10.3 Å². The third-order valence-electron chi connectivity index (χ3n) is 1.73. The molecule has 0 radical (unpaired) electrons. The summed E-state index contributed by atoms with van der Waals surface area (Å²) in [5.74, 6) is 0.203. The van der Waals surface area contributed by atoms with E-state index in [1.165, 1.54) is 11.8 Å². The van der Waals surface area contributed by atoms with Crippen LogP contribution in [0.15, 0.2) is 40.1 Å². The van der Waals surface area contributed by atoms with Gasteiger partial charge in [-0.2, -0.15) is 0 Å². The molecule has 0 atom stereocenters. The lowest BCUT2D eigenvalue weighted by Gasteiger charge is -2.03. The van der Waals surface area contributed by atoms with E-state index in [2.05, 4.69) is 10.2 Å². The minimum atomic E-state index is 0.203. The van der Waals surface area contributed by atoms with Gasteiger partial charge in [-0.05, 0) is 24.3 Å². The molecule has 2 rings (SSSR count). The van der Waals surface area contributed by atoms with E-state index in [0.717, 1.165) is 4.90 Å². The Labute approximate surface area is 106 Å². The number of nitrogens with zero attached hydrogens (tertiary/aromatic N) is 2. The average Bonchev–Trinajstić information content (AvgIpc) is 2.24. The van der Waals surface area contributed by atoms with Gasteiger partial charge in [-0.1, -0.05) is 41.0 Å². The lowest BCUT2D eigenvalue weighted by atomic mass is 10.3. The molecule has 16 heavy (non-hydrogen) atoms. The fourth-order valence-corrected chi connectivity index (χ4v) is 2.38. The first-order valence-electron chi connectivity index (χ1n) is 4.31. The van der Waals surface area contributed by atoms with Crippen molar-refractivity contribution in [3.8, 4) is 5.75 Å². The van der Waals surface area contributed by atoms with Crippen molar-refractivity contribution in [3.63, 3.8) is 0 Å². The number of aromatic hydroxyl groups is 1. The average molecular weight is 273 g/mol. The quantitative estimate of drug-likeness (QED) is 0.907. The first kappa shape index (κ1) is 11.5. The minimum absolute atomic E-state index is 0.203. The Morgan fingerprint density at radius 1 is 1.12 bits per heavy atom. The Morgan fingerprint density at radius 3 is 2.69 bits per heavy atom. The van der Waals surface area contributed by atoms with Crippen LogP contribution >= 0.6 is 35.0 Å². The number of phenolic OH excluding ortho intramolecular Hbond substituents is 1. The molecule has 0 aliphatic carbocycles. The van der Waals surface area contributed by atoms with E-state index in [1.54, 1.807) is 24.3 Å². The van der Waals surface area contributed by atoms with E-state index in [-0.39, 0.29) is 16.1 Å². The number of phenols is 1. The molecular weight excluding hydrogens is 267 g/mol. The lowest BCUT2D eigenvalue weighted by molar-refractivity contribution is 0.474. The van der Waals surface area contributed by atoms with Gasteiger partial charge in [-0.15, -0.1) is 10.2 Å². The fourth-order valence-electron chi connectivity index (χ4n) is 1.08. The number of halogens is 2. The van der Waals surface area contributed by atoms with Crippen LogP contribution in [0.5, 0.6) is 5.75 Å². The fraction of sp³-hybridized carbons (Fsp3) is 0. The molecule has 2 aromatic rings.